The molecule has 9 nitrogen and oxygen atoms in total. The Morgan fingerprint density at radius 2 is 1.18 bits per heavy atom. The van der Waals surface area contributed by atoms with Crippen molar-refractivity contribution in [2.45, 2.75) is 6.92 Å². The van der Waals surface area contributed by atoms with E-state index >= 15 is 0 Å². The highest BCUT2D eigenvalue weighted by Gasteiger charge is 2.14. The molecule has 0 saturated carbocycles. The fourth-order valence-corrected chi connectivity index (χ4v) is 8.12. The van der Waals surface area contributed by atoms with Gasteiger partial charge in [-0.1, -0.05) is 115 Å². The van der Waals surface area contributed by atoms with Gasteiger partial charge < -0.3 is 30.2 Å². The summed E-state index contributed by atoms with van der Waals surface area (Å²) in [5, 5.41) is 20.4. The standard InChI is InChI=1S/C46H33N7.C7H9NO/c47-41(29-48-33-14-10-16-35(27-33)52-43-22-5-1-18-37(43)38-19-2-6-23-44(38)52)31-12-9-13-32(26-31)42-30-51(50-49-42)34-15-11-17-36(28-34)53-45-24-7-3-20-39(45)40-21-4-8-25-46(40)53;1-3-7-5-8-4-6(2)9-7/h1-30,48H,47H2;3-5,8H,1H2,2H3/b41-29-;. The van der Waals surface area contributed by atoms with E-state index in [2.05, 4.69) is 176 Å². The molecule has 9 heteroatoms. The molecule has 0 saturated heterocycles. The van der Waals surface area contributed by atoms with Crippen molar-refractivity contribution in [1.82, 2.24) is 29.4 Å². The first-order valence-electron chi connectivity index (χ1n) is 20.4. The predicted octanol–water partition coefficient (Wildman–Crippen LogP) is 12.0. The lowest BCUT2D eigenvalue weighted by Crippen LogP contribution is -2.05. The molecule has 0 aliphatic carbocycles. The van der Waals surface area contributed by atoms with E-state index in [0.29, 0.717) is 5.70 Å². The molecule has 7 aromatic carbocycles. The zero-order valence-electron chi connectivity index (χ0n) is 34.0. The zero-order chi connectivity index (χ0) is 42.0. The minimum atomic E-state index is 0.611. The molecule has 10 aromatic rings. The molecular formula is C53H42N8O. The molecule has 0 radical (unpaired) electrons. The Bertz CT molecular complexity index is 3290. The number of hydrogen-bond acceptors (Lipinski definition) is 6. The van der Waals surface area contributed by atoms with Crippen molar-refractivity contribution in [3.63, 3.8) is 0 Å². The van der Waals surface area contributed by atoms with Crippen LogP contribution >= 0.6 is 0 Å². The van der Waals surface area contributed by atoms with Crippen LogP contribution in [0.5, 0.6) is 0 Å². The Labute approximate surface area is 358 Å². The maximum atomic E-state index is 6.66. The molecule has 0 spiro atoms. The number of anilines is 1. The SMILES string of the molecule is C=CC1=CNC=C(C)O1.N/C(=C\Nc1cccc(-n2c3ccccc3c3ccccc32)c1)c1cccc(-c2cn(-c3cccc(-n4c5ccccc5c5ccccc54)c3)nn2)c1. The molecule has 4 heterocycles. The van der Waals surface area contributed by atoms with Crippen LogP contribution < -0.4 is 16.4 Å². The summed E-state index contributed by atoms with van der Waals surface area (Å²) in [7, 11) is 0. The molecular weight excluding hydrogens is 765 g/mol. The molecule has 4 N–H and O–H groups in total. The van der Waals surface area contributed by atoms with E-state index in [4.69, 9.17) is 10.5 Å². The largest absolute Gasteiger partial charge is 0.459 e. The molecule has 3 aromatic heterocycles. The summed E-state index contributed by atoms with van der Waals surface area (Å²) >= 11 is 0. The molecule has 0 fully saturated rings. The fourth-order valence-electron chi connectivity index (χ4n) is 8.12. The van der Waals surface area contributed by atoms with Crippen molar-refractivity contribution in [1.29, 1.82) is 0 Å². The minimum Gasteiger partial charge on any atom is -0.459 e. The first kappa shape index (κ1) is 37.7. The molecule has 62 heavy (non-hydrogen) atoms. The van der Waals surface area contributed by atoms with E-state index in [9.17, 15) is 0 Å². The third-order valence-corrected chi connectivity index (χ3v) is 11.0. The van der Waals surface area contributed by atoms with Crippen molar-refractivity contribution in [3.8, 4) is 28.3 Å². The van der Waals surface area contributed by atoms with E-state index < -0.39 is 0 Å². The smallest absolute Gasteiger partial charge is 0.142 e. The van der Waals surface area contributed by atoms with Crippen LogP contribution in [0.4, 0.5) is 5.69 Å². The van der Waals surface area contributed by atoms with Gasteiger partial charge in [-0.15, -0.1) is 5.10 Å². The van der Waals surface area contributed by atoms with Crippen LogP contribution in [0.25, 0.3) is 77.6 Å². The molecule has 0 unspecified atom stereocenters. The van der Waals surface area contributed by atoms with Gasteiger partial charge in [0.2, 0.25) is 0 Å². The summed E-state index contributed by atoms with van der Waals surface area (Å²) in [6.45, 7) is 5.44. The number of para-hydroxylation sites is 4. The number of ether oxygens (including phenoxy) is 1. The Morgan fingerprint density at radius 1 is 0.629 bits per heavy atom. The number of rotatable bonds is 8. The van der Waals surface area contributed by atoms with Crippen LogP contribution in [0.3, 0.4) is 0 Å². The topological polar surface area (TPSA) is 99.9 Å². The van der Waals surface area contributed by atoms with Gasteiger partial charge in [0.25, 0.3) is 0 Å². The lowest BCUT2D eigenvalue weighted by molar-refractivity contribution is 0.309. The molecule has 0 atom stereocenters. The van der Waals surface area contributed by atoms with Crippen LogP contribution in [-0.4, -0.2) is 24.1 Å². The van der Waals surface area contributed by atoms with Crippen molar-refractivity contribution in [2.24, 2.45) is 5.73 Å². The van der Waals surface area contributed by atoms with Crippen LogP contribution in [0.15, 0.2) is 219 Å². The number of allylic oxidation sites excluding steroid dienone is 2. The second-order valence-corrected chi connectivity index (χ2v) is 15.0. The van der Waals surface area contributed by atoms with Crippen molar-refractivity contribution in [3.05, 3.63) is 224 Å². The third-order valence-electron chi connectivity index (χ3n) is 11.0. The monoisotopic (exact) mass is 806 g/mol. The Hall–Kier alpha value is -8.56. The average Bonchev–Trinajstić information content (AvgIpc) is 4.05. The summed E-state index contributed by atoms with van der Waals surface area (Å²) in [5.74, 6) is 1.61. The molecule has 300 valence electrons. The van der Waals surface area contributed by atoms with Gasteiger partial charge >= 0.3 is 0 Å². The lowest BCUT2D eigenvalue weighted by atomic mass is 10.1. The molecule has 1 aliphatic heterocycles. The summed E-state index contributed by atoms with van der Waals surface area (Å²) in [6, 6.07) is 59.0. The van der Waals surface area contributed by atoms with Crippen molar-refractivity contribution >= 4 is 55.0 Å². The number of nitrogens with two attached hydrogens (primary N) is 1. The van der Waals surface area contributed by atoms with Gasteiger partial charge in [0.15, 0.2) is 0 Å². The van der Waals surface area contributed by atoms with Gasteiger partial charge in [0.1, 0.15) is 17.2 Å². The highest BCUT2D eigenvalue weighted by Crippen LogP contribution is 2.34. The summed E-state index contributed by atoms with van der Waals surface area (Å²) < 4.78 is 11.6. The van der Waals surface area contributed by atoms with Gasteiger partial charge in [-0.25, -0.2) is 4.68 Å². The maximum Gasteiger partial charge on any atom is 0.142 e. The van der Waals surface area contributed by atoms with Crippen molar-refractivity contribution < 1.29 is 4.74 Å². The first-order chi connectivity index (χ1) is 30.5. The van der Waals surface area contributed by atoms with Crippen molar-refractivity contribution in [2.75, 3.05) is 5.32 Å². The number of nitrogens with one attached hydrogen (secondary N) is 2. The number of nitrogens with zero attached hydrogens (tertiary/aromatic N) is 5. The predicted molar refractivity (Wildman–Crippen MR) is 254 cm³/mol. The molecule has 0 bridgehead atoms. The molecule has 11 rings (SSSR count). The molecule has 0 amide bonds. The van der Waals surface area contributed by atoms with E-state index in [0.717, 1.165) is 62.1 Å². The van der Waals surface area contributed by atoms with Crippen LogP contribution in [0, 0.1) is 0 Å². The Kier molecular flexibility index (Phi) is 9.87. The van der Waals surface area contributed by atoms with E-state index in [1.807, 2.05) is 54.3 Å². The lowest BCUT2D eigenvalue weighted by Gasteiger charge is -2.11. The minimum absolute atomic E-state index is 0.611. The second-order valence-electron chi connectivity index (χ2n) is 15.0. The molecule has 1 aliphatic rings. The van der Waals surface area contributed by atoms with E-state index in [-0.39, 0.29) is 0 Å². The highest BCUT2D eigenvalue weighted by atomic mass is 16.5. The van der Waals surface area contributed by atoms with Crippen LogP contribution in [0.2, 0.25) is 0 Å². The van der Waals surface area contributed by atoms with Gasteiger partial charge in [0, 0.05) is 62.8 Å². The Balaban J connectivity index is 0.000000456. The fraction of sp³-hybridized carbons (Fsp3) is 0.0189. The van der Waals surface area contributed by atoms with Crippen LogP contribution in [-0.2, 0) is 4.74 Å². The average molecular weight is 807 g/mol. The van der Waals surface area contributed by atoms with E-state index in [1.54, 1.807) is 18.5 Å². The van der Waals surface area contributed by atoms with E-state index in [1.165, 1.54) is 32.6 Å². The van der Waals surface area contributed by atoms with Crippen LogP contribution in [0.1, 0.15) is 12.5 Å². The summed E-state index contributed by atoms with van der Waals surface area (Å²) in [6.07, 6.45) is 9.00. The number of benzene rings is 7. The highest BCUT2D eigenvalue weighted by molar-refractivity contribution is 6.10. The number of hydrogen-bond donors (Lipinski definition) is 3. The summed E-state index contributed by atoms with van der Waals surface area (Å²) in [5.41, 5.74) is 18.5. The van der Waals surface area contributed by atoms with Gasteiger partial charge in [-0.2, -0.15) is 0 Å². The summed E-state index contributed by atoms with van der Waals surface area (Å²) in [4.78, 5) is 0. The second kappa shape index (κ2) is 16.2. The Morgan fingerprint density at radius 3 is 1.76 bits per heavy atom. The third kappa shape index (κ3) is 7.13. The zero-order valence-corrected chi connectivity index (χ0v) is 34.0. The normalized spacial score (nSPS) is 12.6. The van der Waals surface area contributed by atoms with Gasteiger partial charge in [-0.3, -0.25) is 0 Å². The van der Waals surface area contributed by atoms with Gasteiger partial charge in [-0.05, 0) is 85.3 Å². The number of fused-ring (bicyclic) bond motifs is 6. The quantitative estimate of drug-likeness (QED) is 0.141. The first-order valence-corrected chi connectivity index (χ1v) is 20.4. The maximum absolute atomic E-state index is 6.66. The van der Waals surface area contributed by atoms with Gasteiger partial charge in [0.05, 0.1) is 39.6 Å². The number of aromatic nitrogens is 5.